The third kappa shape index (κ3) is 2.97. The van der Waals surface area contributed by atoms with E-state index < -0.39 is 12.0 Å². The van der Waals surface area contributed by atoms with Crippen LogP contribution in [-0.2, 0) is 0 Å². The molecule has 0 saturated carbocycles. The fourth-order valence-corrected chi connectivity index (χ4v) is 2.46. The van der Waals surface area contributed by atoms with Crippen molar-refractivity contribution >= 4 is 23.2 Å². The van der Waals surface area contributed by atoms with Crippen molar-refractivity contribution in [2.24, 2.45) is 0 Å². The van der Waals surface area contributed by atoms with Crippen LogP contribution < -0.4 is 5.32 Å². The Kier molecular flexibility index (Phi) is 4.04. The van der Waals surface area contributed by atoms with E-state index in [4.69, 9.17) is 5.11 Å². The second kappa shape index (κ2) is 5.74. The van der Waals surface area contributed by atoms with E-state index in [0.717, 1.165) is 11.3 Å². The average Bonchev–Trinajstić information content (AvgIpc) is 2.82. The van der Waals surface area contributed by atoms with E-state index >= 15 is 0 Å². The minimum absolute atomic E-state index is 0.181. The molecule has 0 aromatic carbocycles. The highest BCUT2D eigenvalue weighted by molar-refractivity contribution is 7.13. The van der Waals surface area contributed by atoms with Crippen LogP contribution in [0.15, 0.2) is 18.6 Å². The number of amides is 1. The van der Waals surface area contributed by atoms with E-state index in [0.29, 0.717) is 10.7 Å². The SMILES string of the molecule is Cc1nc(C(C)NC(=O)c2cnccn2)sc1C(=O)O. The zero-order valence-electron chi connectivity index (χ0n) is 10.8. The van der Waals surface area contributed by atoms with E-state index in [1.807, 2.05) is 0 Å². The molecular formula is C12H12N4O3S. The van der Waals surface area contributed by atoms with Crippen molar-refractivity contribution in [2.45, 2.75) is 19.9 Å². The van der Waals surface area contributed by atoms with Gasteiger partial charge in [-0.25, -0.2) is 14.8 Å². The fourth-order valence-electron chi connectivity index (χ4n) is 1.55. The van der Waals surface area contributed by atoms with Crippen LogP contribution in [0.4, 0.5) is 0 Å². The van der Waals surface area contributed by atoms with Gasteiger partial charge < -0.3 is 10.4 Å². The monoisotopic (exact) mass is 292 g/mol. The first kappa shape index (κ1) is 14.1. The van der Waals surface area contributed by atoms with Gasteiger partial charge >= 0.3 is 5.97 Å². The Bertz CT molecular complexity index is 641. The first-order valence-electron chi connectivity index (χ1n) is 5.76. The largest absolute Gasteiger partial charge is 0.477 e. The van der Waals surface area contributed by atoms with Gasteiger partial charge in [0.1, 0.15) is 15.6 Å². The number of thiazole rings is 1. The topological polar surface area (TPSA) is 105 Å². The third-order valence-corrected chi connectivity index (χ3v) is 3.85. The molecule has 0 bridgehead atoms. The Labute approximate surface area is 118 Å². The van der Waals surface area contributed by atoms with E-state index in [2.05, 4.69) is 20.3 Å². The highest BCUT2D eigenvalue weighted by Crippen LogP contribution is 2.23. The van der Waals surface area contributed by atoms with Gasteiger partial charge in [-0.3, -0.25) is 9.78 Å². The van der Waals surface area contributed by atoms with Crippen LogP contribution in [0, 0.1) is 6.92 Å². The standard InChI is InChI=1S/C12H12N4O3S/c1-6-9(12(18)19)20-11(16-6)7(2)15-10(17)8-5-13-3-4-14-8/h3-5,7H,1-2H3,(H,15,17)(H,18,19). The van der Waals surface area contributed by atoms with Crippen molar-refractivity contribution in [3.63, 3.8) is 0 Å². The molecule has 0 spiro atoms. The highest BCUT2D eigenvalue weighted by Gasteiger charge is 2.19. The van der Waals surface area contributed by atoms with Crippen molar-refractivity contribution in [3.8, 4) is 0 Å². The molecule has 2 N–H and O–H groups in total. The number of carbonyl (C=O) groups excluding carboxylic acids is 1. The predicted molar refractivity (Wildman–Crippen MR) is 71.7 cm³/mol. The minimum atomic E-state index is -1.02. The zero-order chi connectivity index (χ0) is 14.7. The molecule has 2 heterocycles. The lowest BCUT2D eigenvalue weighted by molar-refractivity contribution is 0.0701. The molecule has 7 nitrogen and oxygen atoms in total. The number of rotatable bonds is 4. The number of aromatic carboxylic acids is 1. The smallest absolute Gasteiger partial charge is 0.347 e. The molecule has 8 heteroatoms. The number of nitrogens with one attached hydrogen (secondary N) is 1. The van der Waals surface area contributed by atoms with Crippen LogP contribution in [0.2, 0.25) is 0 Å². The van der Waals surface area contributed by atoms with Gasteiger partial charge in [-0.2, -0.15) is 0 Å². The number of hydrogen-bond acceptors (Lipinski definition) is 6. The number of nitrogens with zero attached hydrogens (tertiary/aromatic N) is 3. The summed E-state index contributed by atoms with van der Waals surface area (Å²) in [7, 11) is 0. The summed E-state index contributed by atoms with van der Waals surface area (Å²) in [6.07, 6.45) is 4.26. The fraction of sp³-hybridized carbons (Fsp3) is 0.250. The first-order chi connectivity index (χ1) is 9.49. The van der Waals surface area contributed by atoms with Gasteiger partial charge in [0.25, 0.3) is 5.91 Å². The van der Waals surface area contributed by atoms with Gasteiger partial charge in [-0.1, -0.05) is 0 Å². The van der Waals surface area contributed by atoms with E-state index in [9.17, 15) is 9.59 Å². The minimum Gasteiger partial charge on any atom is -0.477 e. The normalized spacial score (nSPS) is 11.9. The van der Waals surface area contributed by atoms with E-state index in [-0.39, 0.29) is 16.5 Å². The van der Waals surface area contributed by atoms with Crippen LogP contribution in [0.3, 0.4) is 0 Å². The van der Waals surface area contributed by atoms with Crippen LogP contribution in [0.5, 0.6) is 0 Å². The Hall–Kier alpha value is -2.35. The van der Waals surface area contributed by atoms with Crippen molar-refractivity contribution in [3.05, 3.63) is 39.9 Å². The van der Waals surface area contributed by atoms with Gasteiger partial charge in [0, 0.05) is 12.4 Å². The van der Waals surface area contributed by atoms with Crippen molar-refractivity contribution in [2.75, 3.05) is 0 Å². The number of aryl methyl sites for hydroxylation is 1. The third-order valence-electron chi connectivity index (χ3n) is 2.52. The maximum Gasteiger partial charge on any atom is 0.347 e. The van der Waals surface area contributed by atoms with Crippen LogP contribution in [0.25, 0.3) is 0 Å². The van der Waals surface area contributed by atoms with Crippen molar-refractivity contribution < 1.29 is 14.7 Å². The molecule has 0 aliphatic carbocycles. The molecule has 0 aliphatic rings. The predicted octanol–water partition coefficient (Wildman–Crippen LogP) is 1.43. The molecule has 104 valence electrons. The first-order valence-corrected chi connectivity index (χ1v) is 6.58. The summed E-state index contributed by atoms with van der Waals surface area (Å²) < 4.78 is 0. The number of carbonyl (C=O) groups is 2. The lowest BCUT2D eigenvalue weighted by Crippen LogP contribution is -2.27. The number of carboxylic acids is 1. The summed E-state index contributed by atoms with van der Waals surface area (Å²) in [4.78, 5) is 34.9. The Morgan fingerprint density at radius 3 is 2.70 bits per heavy atom. The van der Waals surface area contributed by atoms with Crippen molar-refractivity contribution in [1.29, 1.82) is 0 Å². The van der Waals surface area contributed by atoms with E-state index in [1.165, 1.54) is 18.6 Å². The lowest BCUT2D eigenvalue weighted by Gasteiger charge is -2.10. The van der Waals surface area contributed by atoms with Gasteiger partial charge in [0.05, 0.1) is 17.9 Å². The van der Waals surface area contributed by atoms with Gasteiger partial charge in [0.2, 0.25) is 0 Å². The second-order valence-corrected chi connectivity index (χ2v) is 5.09. The maximum absolute atomic E-state index is 11.9. The number of carboxylic acid groups (broad SMARTS) is 1. The molecular weight excluding hydrogens is 280 g/mol. The maximum atomic E-state index is 11.9. The molecule has 0 saturated heterocycles. The van der Waals surface area contributed by atoms with Gasteiger partial charge in [0.15, 0.2) is 0 Å². The summed E-state index contributed by atoms with van der Waals surface area (Å²) in [6.45, 7) is 3.36. The Balaban J connectivity index is 2.12. The van der Waals surface area contributed by atoms with Gasteiger partial charge in [-0.05, 0) is 13.8 Å². The quantitative estimate of drug-likeness (QED) is 0.883. The molecule has 0 aliphatic heterocycles. The molecule has 1 amide bonds. The van der Waals surface area contributed by atoms with Crippen molar-refractivity contribution in [1.82, 2.24) is 20.3 Å². The molecule has 2 aromatic rings. The Morgan fingerprint density at radius 2 is 2.15 bits per heavy atom. The molecule has 0 radical (unpaired) electrons. The summed E-state index contributed by atoms with van der Waals surface area (Å²) in [5, 5.41) is 12.2. The highest BCUT2D eigenvalue weighted by atomic mass is 32.1. The van der Waals surface area contributed by atoms with Crippen LogP contribution in [-0.4, -0.2) is 31.9 Å². The molecule has 20 heavy (non-hydrogen) atoms. The number of hydrogen-bond donors (Lipinski definition) is 2. The molecule has 1 unspecified atom stereocenters. The van der Waals surface area contributed by atoms with Crippen LogP contribution >= 0.6 is 11.3 Å². The summed E-state index contributed by atoms with van der Waals surface area (Å²) >= 11 is 1.05. The summed E-state index contributed by atoms with van der Waals surface area (Å²) in [5.41, 5.74) is 0.643. The lowest BCUT2D eigenvalue weighted by atomic mass is 10.3. The molecule has 0 fully saturated rings. The summed E-state index contributed by atoms with van der Waals surface area (Å²) in [5.74, 6) is -1.39. The molecule has 1 atom stereocenters. The summed E-state index contributed by atoms with van der Waals surface area (Å²) in [6, 6.07) is -0.402. The van der Waals surface area contributed by atoms with E-state index in [1.54, 1.807) is 13.8 Å². The molecule has 2 rings (SSSR count). The van der Waals surface area contributed by atoms with Gasteiger partial charge in [-0.15, -0.1) is 11.3 Å². The molecule has 2 aromatic heterocycles. The number of aromatic nitrogens is 3. The van der Waals surface area contributed by atoms with Crippen LogP contribution in [0.1, 0.15) is 43.8 Å². The second-order valence-electron chi connectivity index (χ2n) is 4.06. The Morgan fingerprint density at radius 1 is 1.40 bits per heavy atom. The average molecular weight is 292 g/mol. The zero-order valence-corrected chi connectivity index (χ0v) is 11.6.